The summed E-state index contributed by atoms with van der Waals surface area (Å²) in [4.78, 5) is 4.73. The summed E-state index contributed by atoms with van der Waals surface area (Å²) >= 11 is 0. The summed E-state index contributed by atoms with van der Waals surface area (Å²) in [5.74, 6) is 1.54. The molecule has 1 aliphatic carbocycles. The summed E-state index contributed by atoms with van der Waals surface area (Å²) in [6, 6.07) is 6.41. The molecule has 23 heavy (non-hydrogen) atoms. The highest BCUT2D eigenvalue weighted by atomic mass is 15.0. The summed E-state index contributed by atoms with van der Waals surface area (Å²) < 4.78 is 2.27. The lowest BCUT2D eigenvalue weighted by Crippen LogP contribution is -2.28. The summed E-state index contributed by atoms with van der Waals surface area (Å²) in [5.41, 5.74) is 11.3. The van der Waals surface area contributed by atoms with Crippen molar-refractivity contribution in [3.8, 4) is 0 Å². The molecule has 0 aliphatic heterocycles. The van der Waals surface area contributed by atoms with E-state index in [1.54, 1.807) is 0 Å². The third-order valence-corrected chi connectivity index (χ3v) is 5.74. The molecule has 0 spiro atoms. The molecule has 1 aliphatic rings. The van der Waals surface area contributed by atoms with E-state index in [9.17, 15) is 0 Å². The molecular weight excluding hydrogens is 282 g/mol. The fourth-order valence-corrected chi connectivity index (χ4v) is 4.34. The van der Waals surface area contributed by atoms with Crippen LogP contribution in [0.4, 0.5) is 0 Å². The number of aromatic nitrogens is 2. The maximum absolute atomic E-state index is 6.73. The van der Waals surface area contributed by atoms with Gasteiger partial charge < -0.3 is 5.73 Å². The van der Waals surface area contributed by atoms with Gasteiger partial charge in [0.05, 0.1) is 17.4 Å². The van der Waals surface area contributed by atoms with E-state index in [4.69, 9.17) is 10.7 Å². The second kappa shape index (κ2) is 7.04. The van der Waals surface area contributed by atoms with Crippen LogP contribution in [0.25, 0.3) is 5.65 Å². The van der Waals surface area contributed by atoms with E-state index < -0.39 is 0 Å². The van der Waals surface area contributed by atoms with Crippen molar-refractivity contribution in [2.24, 2.45) is 17.6 Å². The lowest BCUT2D eigenvalue weighted by atomic mass is 9.76. The third-order valence-electron chi connectivity index (χ3n) is 5.74. The van der Waals surface area contributed by atoms with Crippen LogP contribution in [0, 0.1) is 25.7 Å². The molecule has 0 amide bonds. The highest BCUT2D eigenvalue weighted by Crippen LogP contribution is 2.38. The van der Waals surface area contributed by atoms with Gasteiger partial charge in [-0.2, -0.15) is 0 Å². The second-order valence-corrected chi connectivity index (χ2v) is 7.39. The Morgan fingerprint density at radius 2 is 1.96 bits per heavy atom. The first kappa shape index (κ1) is 16.5. The third kappa shape index (κ3) is 3.30. The van der Waals surface area contributed by atoms with Gasteiger partial charge in [0, 0.05) is 5.69 Å². The molecule has 2 heterocycles. The van der Waals surface area contributed by atoms with Crippen molar-refractivity contribution in [2.75, 3.05) is 0 Å². The lowest BCUT2D eigenvalue weighted by molar-refractivity contribution is 0.230. The molecule has 2 aromatic heterocycles. The van der Waals surface area contributed by atoms with Crippen molar-refractivity contribution in [1.82, 2.24) is 9.38 Å². The van der Waals surface area contributed by atoms with Gasteiger partial charge >= 0.3 is 0 Å². The van der Waals surface area contributed by atoms with Crippen LogP contribution >= 0.6 is 0 Å². The maximum Gasteiger partial charge on any atom is 0.137 e. The summed E-state index contributed by atoms with van der Waals surface area (Å²) in [6.07, 6.45) is 9.36. The first-order chi connectivity index (χ1) is 11.1. The number of hydrogen-bond donors (Lipinski definition) is 1. The molecule has 0 saturated heterocycles. The number of unbranched alkanes of at least 4 members (excludes halogenated alkanes) is 1. The SMILES string of the molecule is CCCCC1CCC(C(N)c2c(C)nc3cccc(C)n23)CC1. The molecular formula is C20H31N3. The number of imidazole rings is 1. The largest absolute Gasteiger partial charge is 0.322 e. The minimum atomic E-state index is 0.109. The topological polar surface area (TPSA) is 43.3 Å². The number of aryl methyl sites for hydroxylation is 2. The van der Waals surface area contributed by atoms with Crippen LogP contribution in [0.1, 0.15) is 75.0 Å². The molecule has 0 aromatic carbocycles. The van der Waals surface area contributed by atoms with Gasteiger partial charge in [-0.3, -0.25) is 4.40 Å². The number of pyridine rings is 1. The van der Waals surface area contributed by atoms with Crippen molar-refractivity contribution in [3.05, 3.63) is 35.3 Å². The highest BCUT2D eigenvalue weighted by molar-refractivity contribution is 5.45. The van der Waals surface area contributed by atoms with Gasteiger partial charge in [-0.25, -0.2) is 4.98 Å². The van der Waals surface area contributed by atoms with E-state index in [0.29, 0.717) is 5.92 Å². The molecule has 126 valence electrons. The van der Waals surface area contributed by atoms with E-state index in [0.717, 1.165) is 17.3 Å². The maximum atomic E-state index is 6.73. The number of rotatable bonds is 5. The number of nitrogens with two attached hydrogens (primary N) is 1. The Morgan fingerprint density at radius 3 is 2.65 bits per heavy atom. The van der Waals surface area contributed by atoms with Crippen molar-refractivity contribution in [2.45, 2.75) is 71.8 Å². The Hall–Kier alpha value is -1.35. The molecule has 3 nitrogen and oxygen atoms in total. The fourth-order valence-electron chi connectivity index (χ4n) is 4.34. The Morgan fingerprint density at radius 1 is 1.22 bits per heavy atom. The van der Waals surface area contributed by atoms with Crippen molar-refractivity contribution >= 4 is 5.65 Å². The van der Waals surface area contributed by atoms with Crippen LogP contribution in [0.5, 0.6) is 0 Å². The van der Waals surface area contributed by atoms with Gasteiger partial charge in [-0.05, 0) is 50.7 Å². The molecule has 0 bridgehead atoms. The molecule has 3 rings (SSSR count). The average molecular weight is 313 g/mol. The van der Waals surface area contributed by atoms with Gasteiger partial charge in [0.15, 0.2) is 0 Å². The zero-order valence-electron chi connectivity index (χ0n) is 14.9. The molecule has 2 aromatic rings. The van der Waals surface area contributed by atoms with Crippen molar-refractivity contribution in [3.63, 3.8) is 0 Å². The standard InChI is InChI=1S/C20H31N3/c1-4-5-8-16-10-12-17(13-11-16)19(21)20-15(3)22-18-9-6-7-14(2)23(18)20/h6-7,9,16-17,19H,4-5,8,10-13,21H2,1-3H3. The molecule has 1 atom stereocenters. The Bertz CT molecular complexity index is 650. The minimum absolute atomic E-state index is 0.109. The predicted octanol–water partition coefficient (Wildman–Crippen LogP) is 4.95. The van der Waals surface area contributed by atoms with Gasteiger partial charge in [0.25, 0.3) is 0 Å². The van der Waals surface area contributed by atoms with E-state index in [2.05, 4.69) is 43.4 Å². The van der Waals surface area contributed by atoms with Gasteiger partial charge in [-0.1, -0.05) is 45.1 Å². The molecule has 1 fully saturated rings. The van der Waals surface area contributed by atoms with E-state index >= 15 is 0 Å². The number of nitrogens with zero attached hydrogens (tertiary/aromatic N) is 2. The summed E-state index contributed by atoms with van der Waals surface area (Å²) in [7, 11) is 0. The normalized spacial score (nSPS) is 23.3. The zero-order chi connectivity index (χ0) is 16.4. The second-order valence-electron chi connectivity index (χ2n) is 7.39. The quantitative estimate of drug-likeness (QED) is 0.849. The molecule has 1 unspecified atom stereocenters. The highest BCUT2D eigenvalue weighted by Gasteiger charge is 2.29. The van der Waals surface area contributed by atoms with Crippen LogP contribution in [-0.4, -0.2) is 9.38 Å². The van der Waals surface area contributed by atoms with Gasteiger partial charge in [0.1, 0.15) is 5.65 Å². The Kier molecular flexibility index (Phi) is 5.05. The predicted molar refractivity (Wildman–Crippen MR) is 96.6 cm³/mol. The lowest BCUT2D eigenvalue weighted by Gasteiger charge is -2.32. The van der Waals surface area contributed by atoms with Gasteiger partial charge in [0.2, 0.25) is 0 Å². The smallest absolute Gasteiger partial charge is 0.137 e. The van der Waals surface area contributed by atoms with Crippen LogP contribution in [0.2, 0.25) is 0 Å². The minimum Gasteiger partial charge on any atom is -0.322 e. The van der Waals surface area contributed by atoms with E-state index in [-0.39, 0.29) is 6.04 Å². The molecule has 0 radical (unpaired) electrons. The molecule has 3 heteroatoms. The van der Waals surface area contributed by atoms with Crippen molar-refractivity contribution < 1.29 is 0 Å². The summed E-state index contributed by atoms with van der Waals surface area (Å²) in [5, 5.41) is 0. The van der Waals surface area contributed by atoms with Crippen LogP contribution in [-0.2, 0) is 0 Å². The Balaban J connectivity index is 1.77. The van der Waals surface area contributed by atoms with Crippen LogP contribution in [0.3, 0.4) is 0 Å². The fraction of sp³-hybridized carbons (Fsp3) is 0.650. The Labute approximate surface area is 140 Å². The molecule has 2 N–H and O–H groups in total. The van der Waals surface area contributed by atoms with E-state index in [1.807, 2.05) is 0 Å². The monoisotopic (exact) mass is 313 g/mol. The van der Waals surface area contributed by atoms with Crippen molar-refractivity contribution in [1.29, 1.82) is 0 Å². The van der Waals surface area contributed by atoms with Gasteiger partial charge in [-0.15, -0.1) is 0 Å². The zero-order valence-corrected chi connectivity index (χ0v) is 14.9. The van der Waals surface area contributed by atoms with Crippen LogP contribution in [0.15, 0.2) is 18.2 Å². The average Bonchev–Trinajstić information content (AvgIpc) is 2.90. The van der Waals surface area contributed by atoms with Crippen LogP contribution < -0.4 is 5.73 Å². The first-order valence-corrected chi connectivity index (χ1v) is 9.32. The molecule has 1 saturated carbocycles. The number of fused-ring (bicyclic) bond motifs is 1. The van der Waals surface area contributed by atoms with E-state index in [1.165, 1.54) is 56.3 Å². The number of hydrogen-bond acceptors (Lipinski definition) is 2. The first-order valence-electron chi connectivity index (χ1n) is 9.32. The summed E-state index contributed by atoms with van der Waals surface area (Å²) in [6.45, 7) is 6.54.